The smallest absolute Gasteiger partial charge is 0.338 e. The van der Waals surface area contributed by atoms with Crippen LogP contribution < -0.4 is 0 Å². The number of carbonyl (C=O) groups is 2. The first-order valence-electron chi connectivity index (χ1n) is 5.11. The fourth-order valence-electron chi connectivity index (χ4n) is 1.42. The van der Waals surface area contributed by atoms with Gasteiger partial charge < -0.3 is 9.47 Å². The highest BCUT2D eigenvalue weighted by Gasteiger charge is 2.17. The number of ether oxygens (including phenoxy) is 2. The van der Waals surface area contributed by atoms with Crippen LogP contribution in [0, 0.1) is 5.92 Å². The van der Waals surface area contributed by atoms with Gasteiger partial charge >= 0.3 is 11.9 Å². The summed E-state index contributed by atoms with van der Waals surface area (Å²) in [6.07, 6.45) is 0. The van der Waals surface area contributed by atoms with Crippen molar-refractivity contribution >= 4 is 11.9 Å². The summed E-state index contributed by atoms with van der Waals surface area (Å²) in [7, 11) is 0. The summed E-state index contributed by atoms with van der Waals surface area (Å²) in [6.45, 7) is 2.38. The molecule has 2 bridgehead atoms. The Morgan fingerprint density at radius 2 is 1.56 bits per heavy atom. The van der Waals surface area contributed by atoms with Crippen LogP contribution in [0.25, 0.3) is 0 Å². The Kier molecular flexibility index (Phi) is 2.90. The molecule has 1 aromatic rings. The standard InChI is InChI=1S/C12H12O4/c1-8-6-15-11(13)9-3-2-4-10(5-9)12(14)16-7-8/h2-5,8H,6-7H2,1H3. The molecular weight excluding hydrogens is 208 g/mol. The quantitative estimate of drug-likeness (QED) is 0.624. The molecule has 16 heavy (non-hydrogen) atoms. The second kappa shape index (κ2) is 4.35. The van der Waals surface area contributed by atoms with Gasteiger partial charge in [-0.25, -0.2) is 9.59 Å². The maximum Gasteiger partial charge on any atom is 0.338 e. The number of rotatable bonds is 0. The first kappa shape index (κ1) is 10.7. The van der Waals surface area contributed by atoms with Gasteiger partial charge in [-0.15, -0.1) is 0 Å². The minimum absolute atomic E-state index is 0.0110. The molecule has 2 rings (SSSR count). The first-order valence-corrected chi connectivity index (χ1v) is 5.11. The van der Waals surface area contributed by atoms with E-state index in [1.807, 2.05) is 6.92 Å². The molecule has 0 fully saturated rings. The number of carbonyl (C=O) groups excluding carboxylic acids is 2. The highest BCUT2D eigenvalue weighted by atomic mass is 16.5. The fraction of sp³-hybridized carbons (Fsp3) is 0.333. The van der Waals surface area contributed by atoms with Gasteiger partial charge in [-0.05, 0) is 18.2 Å². The minimum Gasteiger partial charge on any atom is -0.462 e. The Labute approximate surface area is 93.2 Å². The van der Waals surface area contributed by atoms with Crippen LogP contribution in [0.4, 0.5) is 0 Å². The van der Waals surface area contributed by atoms with Crippen LogP contribution in [0.2, 0.25) is 0 Å². The fourth-order valence-corrected chi connectivity index (χ4v) is 1.42. The third-order valence-electron chi connectivity index (χ3n) is 2.33. The Morgan fingerprint density at radius 3 is 2.06 bits per heavy atom. The zero-order valence-electron chi connectivity index (χ0n) is 8.93. The summed E-state index contributed by atoms with van der Waals surface area (Å²) in [4.78, 5) is 23.1. The summed E-state index contributed by atoms with van der Waals surface area (Å²) >= 11 is 0. The van der Waals surface area contributed by atoms with E-state index in [-0.39, 0.29) is 19.1 Å². The number of fused-ring (bicyclic) bond motifs is 2. The highest BCUT2D eigenvalue weighted by Crippen LogP contribution is 2.12. The molecule has 0 aromatic heterocycles. The van der Waals surface area contributed by atoms with Crippen molar-refractivity contribution in [2.45, 2.75) is 6.92 Å². The third kappa shape index (κ3) is 2.21. The van der Waals surface area contributed by atoms with Crippen molar-refractivity contribution in [3.8, 4) is 0 Å². The van der Waals surface area contributed by atoms with E-state index in [1.165, 1.54) is 6.07 Å². The lowest BCUT2D eigenvalue weighted by molar-refractivity contribution is 0.0272. The van der Waals surface area contributed by atoms with E-state index in [2.05, 4.69) is 0 Å². The summed E-state index contributed by atoms with van der Waals surface area (Å²) in [5.74, 6) is -0.788. The SMILES string of the molecule is CC1COC(=O)c2cccc(c2)C(=O)OC1. The summed E-state index contributed by atoms with van der Waals surface area (Å²) in [5, 5.41) is 0. The maximum atomic E-state index is 11.6. The summed E-state index contributed by atoms with van der Waals surface area (Å²) < 4.78 is 10.1. The molecule has 1 heterocycles. The first-order chi connectivity index (χ1) is 7.66. The van der Waals surface area contributed by atoms with Crippen LogP contribution in [0.1, 0.15) is 27.6 Å². The third-order valence-corrected chi connectivity index (χ3v) is 2.33. The zero-order valence-corrected chi connectivity index (χ0v) is 8.93. The molecule has 1 aromatic carbocycles. The topological polar surface area (TPSA) is 52.6 Å². The van der Waals surface area contributed by atoms with Crippen LogP contribution in [0.5, 0.6) is 0 Å². The molecule has 0 unspecified atom stereocenters. The predicted octanol–water partition coefficient (Wildman–Crippen LogP) is 1.65. The number of hydrogen-bond donors (Lipinski definition) is 0. The van der Waals surface area contributed by atoms with Crippen molar-refractivity contribution in [1.82, 2.24) is 0 Å². The van der Waals surface area contributed by atoms with E-state index >= 15 is 0 Å². The van der Waals surface area contributed by atoms with Crippen molar-refractivity contribution in [3.63, 3.8) is 0 Å². The van der Waals surface area contributed by atoms with E-state index in [0.717, 1.165) is 0 Å². The van der Waals surface area contributed by atoms with Crippen molar-refractivity contribution in [3.05, 3.63) is 35.4 Å². The van der Waals surface area contributed by atoms with Crippen LogP contribution in [0.15, 0.2) is 24.3 Å². The van der Waals surface area contributed by atoms with Gasteiger partial charge in [0.25, 0.3) is 0 Å². The Hall–Kier alpha value is -1.84. The molecule has 1 aliphatic rings. The van der Waals surface area contributed by atoms with Gasteiger partial charge in [0.05, 0.1) is 24.3 Å². The molecule has 0 atom stereocenters. The van der Waals surface area contributed by atoms with Crippen LogP contribution >= 0.6 is 0 Å². The second-order valence-corrected chi connectivity index (χ2v) is 3.88. The van der Waals surface area contributed by atoms with Crippen molar-refractivity contribution in [2.24, 2.45) is 5.92 Å². The zero-order chi connectivity index (χ0) is 11.5. The molecule has 0 N–H and O–H groups in total. The van der Waals surface area contributed by atoms with Crippen molar-refractivity contribution < 1.29 is 19.1 Å². The van der Waals surface area contributed by atoms with Crippen molar-refractivity contribution in [2.75, 3.05) is 13.2 Å². The van der Waals surface area contributed by atoms with E-state index in [0.29, 0.717) is 11.1 Å². The Balaban J connectivity index is 2.34. The number of cyclic esters (lactones) is 2. The van der Waals surface area contributed by atoms with E-state index < -0.39 is 11.9 Å². The van der Waals surface area contributed by atoms with E-state index in [9.17, 15) is 9.59 Å². The molecule has 0 amide bonds. The molecular formula is C12H12O4. The average Bonchev–Trinajstić information content (AvgIpc) is 2.32. The van der Waals surface area contributed by atoms with Gasteiger partial charge in [0, 0.05) is 5.92 Å². The molecule has 84 valence electrons. The highest BCUT2D eigenvalue weighted by molar-refractivity contribution is 5.95. The summed E-state index contributed by atoms with van der Waals surface area (Å²) in [6, 6.07) is 6.36. The van der Waals surface area contributed by atoms with Crippen LogP contribution in [-0.2, 0) is 9.47 Å². The molecule has 4 heteroatoms. The van der Waals surface area contributed by atoms with E-state index in [1.54, 1.807) is 18.2 Å². The average molecular weight is 220 g/mol. The Morgan fingerprint density at radius 1 is 1.06 bits per heavy atom. The summed E-state index contributed by atoms with van der Waals surface area (Å²) in [5.41, 5.74) is 0.757. The normalized spacial score (nSPS) is 17.6. The predicted molar refractivity (Wildman–Crippen MR) is 56.2 cm³/mol. The van der Waals surface area contributed by atoms with Gasteiger partial charge in [-0.2, -0.15) is 0 Å². The monoisotopic (exact) mass is 220 g/mol. The number of hydrogen-bond acceptors (Lipinski definition) is 4. The Bertz CT molecular complexity index is 390. The lowest BCUT2D eigenvalue weighted by Gasteiger charge is -2.15. The maximum absolute atomic E-state index is 11.6. The molecule has 4 nitrogen and oxygen atoms in total. The van der Waals surface area contributed by atoms with Crippen LogP contribution in [-0.4, -0.2) is 25.2 Å². The second-order valence-electron chi connectivity index (χ2n) is 3.88. The van der Waals surface area contributed by atoms with Gasteiger partial charge in [0.2, 0.25) is 0 Å². The molecule has 0 aliphatic carbocycles. The van der Waals surface area contributed by atoms with Gasteiger partial charge in [0.1, 0.15) is 0 Å². The number of benzene rings is 1. The van der Waals surface area contributed by atoms with Gasteiger partial charge in [0.15, 0.2) is 0 Å². The molecule has 0 saturated carbocycles. The van der Waals surface area contributed by atoms with E-state index in [4.69, 9.17) is 9.47 Å². The van der Waals surface area contributed by atoms with Gasteiger partial charge in [-0.1, -0.05) is 13.0 Å². The largest absolute Gasteiger partial charge is 0.462 e. The lowest BCUT2D eigenvalue weighted by atomic mass is 10.1. The van der Waals surface area contributed by atoms with Crippen molar-refractivity contribution in [1.29, 1.82) is 0 Å². The molecule has 0 spiro atoms. The number of esters is 2. The molecule has 0 saturated heterocycles. The molecule has 0 radical (unpaired) electrons. The lowest BCUT2D eigenvalue weighted by Crippen LogP contribution is -2.20. The van der Waals surface area contributed by atoms with Crippen LogP contribution in [0.3, 0.4) is 0 Å². The van der Waals surface area contributed by atoms with Gasteiger partial charge in [-0.3, -0.25) is 0 Å². The molecule has 1 aliphatic heterocycles. The minimum atomic E-state index is -0.400.